The molecule has 4 N–H and O–H groups in total. The number of rotatable bonds is 3. The van der Waals surface area contributed by atoms with Crippen molar-refractivity contribution < 1.29 is 20.4 Å². The number of hydrogen-bond acceptors (Lipinski definition) is 4. The molecule has 64 valence electrons. The van der Waals surface area contributed by atoms with Gasteiger partial charge in [-0.3, -0.25) is 0 Å². The van der Waals surface area contributed by atoms with Crippen molar-refractivity contribution in [2.24, 2.45) is 0 Å². The summed E-state index contributed by atoms with van der Waals surface area (Å²) in [6, 6.07) is 0. The third-order valence-corrected chi connectivity index (χ3v) is 0.566. The van der Waals surface area contributed by atoms with Crippen LogP contribution in [0.15, 0.2) is 0 Å². The molecule has 0 aromatic rings. The molecule has 0 aliphatic rings. The van der Waals surface area contributed by atoms with E-state index in [2.05, 4.69) is 0 Å². The average Bonchev–Trinajstić information content (AvgIpc) is 1.82. The highest BCUT2D eigenvalue weighted by Gasteiger charge is 1.77. The van der Waals surface area contributed by atoms with E-state index in [0.717, 1.165) is 12.8 Å². The third-order valence-electron chi connectivity index (χ3n) is 0.566. The van der Waals surface area contributed by atoms with Crippen LogP contribution in [-0.2, 0) is 0 Å². The van der Waals surface area contributed by atoms with Crippen molar-refractivity contribution in [3.8, 4) is 0 Å². The van der Waals surface area contributed by atoms with E-state index in [-0.39, 0.29) is 13.2 Å². The lowest BCUT2D eigenvalue weighted by atomic mass is 10.3. The molecule has 0 heterocycles. The summed E-state index contributed by atoms with van der Waals surface area (Å²) >= 11 is 0. The summed E-state index contributed by atoms with van der Waals surface area (Å²) in [6.45, 7) is 1.67. The summed E-state index contributed by atoms with van der Waals surface area (Å²) in [6.07, 6.45) is 0.271. The van der Waals surface area contributed by atoms with Gasteiger partial charge in [-0.2, -0.15) is 0 Å². The average molecular weight is 152 g/mol. The van der Waals surface area contributed by atoms with Crippen molar-refractivity contribution in [3.05, 3.63) is 0 Å². The Kier molecular flexibility index (Phi) is 14.5. The molecule has 0 unspecified atom stereocenters. The van der Waals surface area contributed by atoms with Crippen molar-refractivity contribution >= 4 is 0 Å². The van der Waals surface area contributed by atoms with Crippen LogP contribution in [-0.4, -0.2) is 39.9 Å². The SMILES string of the molecule is CC(O)O.OCCCCO. The molecular weight excluding hydrogens is 136 g/mol. The van der Waals surface area contributed by atoms with Gasteiger partial charge in [0.1, 0.15) is 6.29 Å². The fourth-order valence-corrected chi connectivity index (χ4v) is 0.224. The molecule has 0 radical (unpaired) electrons. The van der Waals surface area contributed by atoms with Gasteiger partial charge in [0.15, 0.2) is 0 Å². The molecule has 0 spiro atoms. The Labute approximate surface area is 60.7 Å². The molecule has 0 atom stereocenters. The summed E-state index contributed by atoms with van der Waals surface area (Å²) in [4.78, 5) is 0. The molecule has 10 heavy (non-hydrogen) atoms. The van der Waals surface area contributed by atoms with Gasteiger partial charge in [-0.15, -0.1) is 0 Å². The van der Waals surface area contributed by atoms with E-state index >= 15 is 0 Å². The van der Waals surface area contributed by atoms with E-state index in [1.54, 1.807) is 0 Å². The smallest absolute Gasteiger partial charge is 0.148 e. The Hall–Kier alpha value is -0.160. The standard InChI is InChI=1S/C4H10O2.C2H6O2/c5-3-1-2-4-6;1-2(3)4/h5-6H,1-4H2;2-4H,1H3. The van der Waals surface area contributed by atoms with Crippen LogP contribution in [0.5, 0.6) is 0 Å². The van der Waals surface area contributed by atoms with Crippen molar-refractivity contribution in [3.63, 3.8) is 0 Å². The highest BCUT2D eigenvalue weighted by atomic mass is 16.5. The minimum Gasteiger partial charge on any atom is -0.396 e. The Morgan fingerprint density at radius 2 is 1.20 bits per heavy atom. The van der Waals surface area contributed by atoms with Crippen LogP contribution in [0, 0.1) is 0 Å². The van der Waals surface area contributed by atoms with E-state index in [1.807, 2.05) is 0 Å². The zero-order valence-electron chi connectivity index (χ0n) is 6.19. The Bertz CT molecular complexity index is 40.3. The number of aliphatic hydroxyl groups is 4. The molecule has 0 aliphatic heterocycles. The van der Waals surface area contributed by atoms with Crippen molar-refractivity contribution in [1.29, 1.82) is 0 Å². The van der Waals surface area contributed by atoms with Crippen LogP contribution in [0.25, 0.3) is 0 Å². The van der Waals surface area contributed by atoms with Crippen molar-refractivity contribution in [2.45, 2.75) is 26.1 Å². The quantitative estimate of drug-likeness (QED) is 0.311. The van der Waals surface area contributed by atoms with E-state index in [9.17, 15) is 0 Å². The van der Waals surface area contributed by atoms with E-state index in [4.69, 9.17) is 20.4 Å². The zero-order chi connectivity index (χ0) is 8.41. The van der Waals surface area contributed by atoms with Gasteiger partial charge in [0.25, 0.3) is 0 Å². The van der Waals surface area contributed by atoms with Gasteiger partial charge in [-0.25, -0.2) is 0 Å². The van der Waals surface area contributed by atoms with Crippen LogP contribution in [0.1, 0.15) is 19.8 Å². The van der Waals surface area contributed by atoms with Gasteiger partial charge in [0.2, 0.25) is 0 Å². The summed E-state index contributed by atoms with van der Waals surface area (Å²) in [5, 5.41) is 31.4. The maximum absolute atomic E-state index is 8.09. The largest absolute Gasteiger partial charge is 0.396 e. The predicted molar refractivity (Wildman–Crippen MR) is 37.3 cm³/mol. The van der Waals surface area contributed by atoms with Gasteiger partial charge >= 0.3 is 0 Å². The molecule has 0 fully saturated rings. The van der Waals surface area contributed by atoms with Crippen LogP contribution in [0.3, 0.4) is 0 Å². The molecule has 0 saturated carbocycles. The molecule has 0 amide bonds. The molecule has 0 aromatic carbocycles. The molecule has 0 aliphatic carbocycles. The number of aliphatic hydroxyl groups excluding tert-OH is 3. The first-order chi connectivity index (χ1) is 4.65. The molecule has 4 heteroatoms. The maximum Gasteiger partial charge on any atom is 0.148 e. The van der Waals surface area contributed by atoms with Crippen LogP contribution in [0.2, 0.25) is 0 Å². The second kappa shape index (κ2) is 11.6. The van der Waals surface area contributed by atoms with E-state index in [1.165, 1.54) is 6.92 Å². The fourth-order valence-electron chi connectivity index (χ4n) is 0.224. The first kappa shape index (κ1) is 12.5. The zero-order valence-corrected chi connectivity index (χ0v) is 6.19. The second-order valence-electron chi connectivity index (χ2n) is 1.79. The highest BCUT2D eigenvalue weighted by Crippen LogP contribution is 1.80. The first-order valence-electron chi connectivity index (χ1n) is 3.23. The van der Waals surface area contributed by atoms with Crippen molar-refractivity contribution in [1.82, 2.24) is 0 Å². The summed E-state index contributed by atoms with van der Waals surface area (Å²) < 4.78 is 0. The monoisotopic (exact) mass is 152 g/mol. The highest BCUT2D eigenvalue weighted by molar-refractivity contribution is 4.30. The lowest BCUT2D eigenvalue weighted by Crippen LogP contribution is -1.92. The Balaban J connectivity index is 0. The first-order valence-corrected chi connectivity index (χ1v) is 3.23. The summed E-state index contributed by atoms with van der Waals surface area (Å²) in [7, 11) is 0. The van der Waals surface area contributed by atoms with Gasteiger partial charge in [-0.1, -0.05) is 0 Å². The van der Waals surface area contributed by atoms with Crippen LogP contribution < -0.4 is 0 Å². The van der Waals surface area contributed by atoms with Gasteiger partial charge in [0, 0.05) is 13.2 Å². The Morgan fingerprint density at radius 1 is 1.00 bits per heavy atom. The van der Waals surface area contributed by atoms with Crippen LogP contribution >= 0.6 is 0 Å². The number of unbranched alkanes of at least 4 members (excludes halogenated alkanes) is 1. The minimum absolute atomic E-state index is 0.195. The summed E-state index contributed by atoms with van der Waals surface area (Å²) in [5.74, 6) is 0. The lowest BCUT2D eigenvalue weighted by Gasteiger charge is -1.85. The third kappa shape index (κ3) is 45.5. The molecule has 4 nitrogen and oxygen atoms in total. The minimum atomic E-state index is -1.17. The van der Waals surface area contributed by atoms with Gasteiger partial charge < -0.3 is 20.4 Å². The van der Waals surface area contributed by atoms with Crippen LogP contribution in [0.4, 0.5) is 0 Å². The topological polar surface area (TPSA) is 80.9 Å². The molecule has 0 saturated heterocycles. The molecular formula is C6H16O4. The van der Waals surface area contributed by atoms with E-state index in [0.29, 0.717) is 0 Å². The van der Waals surface area contributed by atoms with E-state index < -0.39 is 6.29 Å². The lowest BCUT2D eigenvalue weighted by molar-refractivity contribution is -0.0228. The molecule has 0 aromatic heterocycles. The Morgan fingerprint density at radius 3 is 1.30 bits per heavy atom. The van der Waals surface area contributed by atoms with Gasteiger partial charge in [-0.05, 0) is 19.8 Å². The fraction of sp³-hybridized carbons (Fsp3) is 1.00. The molecule has 0 rings (SSSR count). The molecule has 0 bridgehead atoms. The normalized spacial score (nSPS) is 9.00. The second-order valence-corrected chi connectivity index (χ2v) is 1.79. The summed E-state index contributed by atoms with van der Waals surface area (Å²) in [5.41, 5.74) is 0. The van der Waals surface area contributed by atoms with Gasteiger partial charge in [0.05, 0.1) is 0 Å². The predicted octanol–water partition coefficient (Wildman–Crippen LogP) is -0.932. The van der Waals surface area contributed by atoms with Crippen molar-refractivity contribution in [2.75, 3.05) is 13.2 Å². The maximum atomic E-state index is 8.09. The number of hydrogen-bond donors (Lipinski definition) is 4.